The van der Waals surface area contributed by atoms with Crippen LogP contribution in [0.4, 0.5) is 4.79 Å². The predicted molar refractivity (Wildman–Crippen MR) is 87.7 cm³/mol. The molecule has 0 radical (unpaired) electrons. The molecule has 8 nitrogen and oxygen atoms in total. The van der Waals surface area contributed by atoms with E-state index in [1.807, 2.05) is 6.07 Å². The van der Waals surface area contributed by atoms with E-state index in [2.05, 4.69) is 10.6 Å². The lowest BCUT2D eigenvalue weighted by atomic mass is 10.0. The van der Waals surface area contributed by atoms with Crippen molar-refractivity contribution < 1.29 is 28.6 Å². The monoisotopic (exact) mass is 348 g/mol. The van der Waals surface area contributed by atoms with Gasteiger partial charge in [0, 0.05) is 0 Å². The molecule has 0 saturated heterocycles. The zero-order valence-electron chi connectivity index (χ0n) is 14.0. The lowest BCUT2D eigenvalue weighted by molar-refractivity contribution is -0.145. The van der Waals surface area contributed by atoms with Crippen LogP contribution in [0.1, 0.15) is 13.8 Å². The van der Waals surface area contributed by atoms with Crippen molar-refractivity contribution in [1.29, 1.82) is 0 Å². The van der Waals surface area contributed by atoms with Crippen LogP contribution in [0.5, 0.6) is 5.75 Å². The SMILES string of the molecule is CCOC(=O)C1=C(COC(=O)COc2ccccc2)NC(=O)N[C@H]1C. The van der Waals surface area contributed by atoms with Gasteiger partial charge in [-0.15, -0.1) is 0 Å². The molecule has 0 unspecified atom stereocenters. The fraction of sp³-hybridized carbons (Fsp3) is 0.353. The minimum Gasteiger partial charge on any atom is -0.482 e. The van der Waals surface area contributed by atoms with Crippen LogP contribution in [0.25, 0.3) is 0 Å². The second-order valence-electron chi connectivity index (χ2n) is 5.20. The summed E-state index contributed by atoms with van der Waals surface area (Å²) >= 11 is 0. The summed E-state index contributed by atoms with van der Waals surface area (Å²) < 4.78 is 15.3. The van der Waals surface area contributed by atoms with Crippen molar-refractivity contribution in [3.05, 3.63) is 41.6 Å². The molecular formula is C17H20N2O6. The molecule has 2 amide bonds. The molecule has 134 valence electrons. The maximum Gasteiger partial charge on any atom is 0.344 e. The van der Waals surface area contributed by atoms with E-state index in [1.165, 1.54) is 0 Å². The number of ether oxygens (including phenoxy) is 3. The number of hydrogen-bond donors (Lipinski definition) is 2. The standard InChI is InChI=1S/C17H20N2O6/c1-3-23-16(21)15-11(2)18-17(22)19-13(15)9-25-14(20)10-24-12-7-5-4-6-8-12/h4-8,11H,3,9-10H2,1-2H3,(H2,18,19,22)/t11-/m0/s1. The molecule has 0 spiro atoms. The first kappa shape index (κ1) is 18.3. The highest BCUT2D eigenvalue weighted by molar-refractivity contribution is 5.94. The van der Waals surface area contributed by atoms with Crippen LogP contribution in [0, 0.1) is 0 Å². The highest BCUT2D eigenvalue weighted by atomic mass is 16.6. The molecule has 8 heteroatoms. The first-order chi connectivity index (χ1) is 12.0. The topological polar surface area (TPSA) is 103 Å². The molecule has 1 aromatic rings. The number of urea groups is 1. The number of carbonyl (C=O) groups is 3. The van der Waals surface area contributed by atoms with Crippen LogP contribution in [0.3, 0.4) is 0 Å². The highest BCUT2D eigenvalue weighted by Gasteiger charge is 2.30. The summed E-state index contributed by atoms with van der Waals surface area (Å²) in [6.45, 7) is 2.97. The summed E-state index contributed by atoms with van der Waals surface area (Å²) in [5.41, 5.74) is 0.418. The molecule has 0 aromatic heterocycles. The number of carbonyl (C=O) groups excluding carboxylic acids is 3. The molecule has 2 rings (SSSR count). The summed E-state index contributed by atoms with van der Waals surface area (Å²) in [7, 11) is 0. The molecule has 2 N–H and O–H groups in total. The Morgan fingerprint density at radius 3 is 2.56 bits per heavy atom. The van der Waals surface area contributed by atoms with E-state index in [0.717, 1.165) is 0 Å². The van der Waals surface area contributed by atoms with Gasteiger partial charge < -0.3 is 24.8 Å². The molecule has 0 bridgehead atoms. The van der Waals surface area contributed by atoms with Gasteiger partial charge in [0.1, 0.15) is 12.4 Å². The van der Waals surface area contributed by atoms with Crippen molar-refractivity contribution in [1.82, 2.24) is 10.6 Å². The van der Waals surface area contributed by atoms with Gasteiger partial charge in [-0.05, 0) is 26.0 Å². The second kappa shape index (κ2) is 8.72. The molecule has 25 heavy (non-hydrogen) atoms. The minimum absolute atomic E-state index is 0.195. The van der Waals surface area contributed by atoms with Gasteiger partial charge in [-0.2, -0.15) is 0 Å². The minimum atomic E-state index is -0.625. The third-order valence-electron chi connectivity index (χ3n) is 3.34. The van der Waals surface area contributed by atoms with Crippen molar-refractivity contribution >= 4 is 18.0 Å². The summed E-state index contributed by atoms with van der Waals surface area (Å²) in [5.74, 6) is -0.663. The number of hydrogen-bond acceptors (Lipinski definition) is 6. The van der Waals surface area contributed by atoms with E-state index >= 15 is 0 Å². The lowest BCUT2D eigenvalue weighted by Crippen LogP contribution is -2.50. The fourth-order valence-corrected chi connectivity index (χ4v) is 2.25. The van der Waals surface area contributed by atoms with Gasteiger partial charge in [0.2, 0.25) is 0 Å². The van der Waals surface area contributed by atoms with E-state index in [4.69, 9.17) is 14.2 Å². The number of para-hydroxylation sites is 1. The smallest absolute Gasteiger partial charge is 0.344 e. The predicted octanol–water partition coefficient (Wildman–Crippen LogP) is 1.13. The Morgan fingerprint density at radius 2 is 1.88 bits per heavy atom. The maximum atomic E-state index is 12.0. The Kier molecular flexibility index (Phi) is 6.39. The molecule has 1 atom stereocenters. The molecule has 0 aliphatic carbocycles. The van der Waals surface area contributed by atoms with Crippen LogP contribution in [0.15, 0.2) is 41.6 Å². The van der Waals surface area contributed by atoms with Gasteiger partial charge in [-0.1, -0.05) is 18.2 Å². The van der Waals surface area contributed by atoms with E-state index in [1.54, 1.807) is 38.1 Å². The van der Waals surface area contributed by atoms with Crippen LogP contribution < -0.4 is 15.4 Å². The van der Waals surface area contributed by atoms with Crippen molar-refractivity contribution in [3.8, 4) is 5.75 Å². The molecule has 0 saturated carbocycles. The van der Waals surface area contributed by atoms with Crippen LogP contribution >= 0.6 is 0 Å². The highest BCUT2D eigenvalue weighted by Crippen LogP contribution is 2.15. The number of nitrogens with one attached hydrogen (secondary N) is 2. The lowest BCUT2D eigenvalue weighted by Gasteiger charge is -2.26. The average molecular weight is 348 g/mol. The number of rotatable bonds is 7. The summed E-state index contributed by atoms with van der Waals surface area (Å²) in [5, 5.41) is 5.04. The van der Waals surface area contributed by atoms with Gasteiger partial charge in [0.15, 0.2) is 6.61 Å². The van der Waals surface area contributed by atoms with Gasteiger partial charge in [0.25, 0.3) is 0 Å². The molecule has 1 aliphatic rings. The van der Waals surface area contributed by atoms with Crippen LogP contribution in [-0.2, 0) is 19.1 Å². The average Bonchev–Trinajstić information content (AvgIpc) is 2.58. The van der Waals surface area contributed by atoms with E-state index in [9.17, 15) is 14.4 Å². The van der Waals surface area contributed by atoms with Crippen molar-refractivity contribution in [2.75, 3.05) is 19.8 Å². The summed E-state index contributed by atoms with van der Waals surface area (Å²) in [6.07, 6.45) is 0. The zero-order valence-corrected chi connectivity index (χ0v) is 14.0. The molecule has 1 aromatic carbocycles. The summed E-state index contributed by atoms with van der Waals surface area (Å²) in [4.78, 5) is 35.4. The fourth-order valence-electron chi connectivity index (χ4n) is 2.25. The number of benzene rings is 1. The van der Waals surface area contributed by atoms with E-state index < -0.39 is 24.0 Å². The number of esters is 2. The first-order valence-electron chi connectivity index (χ1n) is 7.82. The third-order valence-corrected chi connectivity index (χ3v) is 3.34. The van der Waals surface area contributed by atoms with Crippen molar-refractivity contribution in [2.24, 2.45) is 0 Å². The summed E-state index contributed by atoms with van der Waals surface area (Å²) in [6, 6.07) is 7.78. The van der Waals surface area contributed by atoms with Gasteiger partial charge in [-0.3, -0.25) is 0 Å². The van der Waals surface area contributed by atoms with Gasteiger partial charge in [-0.25, -0.2) is 14.4 Å². The Bertz CT molecular complexity index is 671. The quantitative estimate of drug-likeness (QED) is 0.716. The van der Waals surface area contributed by atoms with Crippen molar-refractivity contribution in [2.45, 2.75) is 19.9 Å². The van der Waals surface area contributed by atoms with Crippen LogP contribution in [-0.4, -0.2) is 43.8 Å². The largest absolute Gasteiger partial charge is 0.482 e. The Morgan fingerprint density at radius 1 is 1.16 bits per heavy atom. The number of amides is 2. The Balaban J connectivity index is 1.97. The molecule has 1 heterocycles. The molecule has 1 aliphatic heterocycles. The molecular weight excluding hydrogens is 328 g/mol. The Hall–Kier alpha value is -3.03. The van der Waals surface area contributed by atoms with Crippen LogP contribution in [0.2, 0.25) is 0 Å². The van der Waals surface area contributed by atoms with E-state index in [-0.39, 0.29) is 31.1 Å². The second-order valence-corrected chi connectivity index (χ2v) is 5.20. The van der Waals surface area contributed by atoms with Gasteiger partial charge in [0.05, 0.1) is 23.9 Å². The normalized spacial score (nSPS) is 16.6. The third kappa shape index (κ3) is 5.23. The van der Waals surface area contributed by atoms with Gasteiger partial charge >= 0.3 is 18.0 Å². The van der Waals surface area contributed by atoms with E-state index in [0.29, 0.717) is 5.75 Å². The maximum absolute atomic E-state index is 12.0. The zero-order chi connectivity index (χ0) is 18.2. The molecule has 0 fully saturated rings. The Labute approximate surface area is 145 Å². The van der Waals surface area contributed by atoms with Crippen molar-refractivity contribution in [3.63, 3.8) is 0 Å². The first-order valence-corrected chi connectivity index (χ1v) is 7.82.